The number of carbonyl (C=O) groups excluding carboxylic acids is 1. The van der Waals surface area contributed by atoms with Crippen LogP contribution in [0.1, 0.15) is 11.1 Å². The third kappa shape index (κ3) is 4.51. The predicted octanol–water partition coefficient (Wildman–Crippen LogP) is 4.06. The molecule has 22 heavy (non-hydrogen) atoms. The van der Waals surface area contributed by atoms with E-state index in [9.17, 15) is 18.0 Å². The number of halogens is 3. The zero-order chi connectivity index (χ0) is 16.2. The molecule has 2 rings (SSSR count). The lowest BCUT2D eigenvalue weighted by molar-refractivity contribution is -0.137. The Morgan fingerprint density at radius 2 is 1.73 bits per heavy atom. The van der Waals surface area contributed by atoms with Crippen LogP contribution in [0.15, 0.2) is 48.5 Å². The summed E-state index contributed by atoms with van der Waals surface area (Å²) in [5, 5.41) is 5.34. The van der Waals surface area contributed by atoms with Crippen LogP contribution in [0, 0.1) is 6.92 Å². The maximum atomic E-state index is 12.6. The van der Waals surface area contributed by atoms with Crippen LogP contribution in [-0.4, -0.2) is 12.5 Å². The maximum Gasteiger partial charge on any atom is 0.416 e. The summed E-state index contributed by atoms with van der Waals surface area (Å²) in [5.41, 5.74) is 1.19. The van der Waals surface area contributed by atoms with E-state index in [1.54, 1.807) is 0 Å². The van der Waals surface area contributed by atoms with Crippen molar-refractivity contribution in [1.82, 2.24) is 0 Å². The van der Waals surface area contributed by atoms with E-state index in [4.69, 9.17) is 0 Å². The second kappa shape index (κ2) is 6.51. The average molecular weight is 308 g/mol. The van der Waals surface area contributed by atoms with E-state index >= 15 is 0 Å². The molecule has 0 aliphatic carbocycles. The molecular weight excluding hydrogens is 293 g/mol. The molecule has 0 fully saturated rings. The average Bonchev–Trinajstić information content (AvgIpc) is 2.46. The zero-order valence-corrected chi connectivity index (χ0v) is 11.9. The van der Waals surface area contributed by atoms with Gasteiger partial charge in [0.1, 0.15) is 0 Å². The fraction of sp³-hybridized carbons (Fsp3) is 0.188. The molecule has 0 bridgehead atoms. The summed E-state index contributed by atoms with van der Waals surface area (Å²) in [5.74, 6) is -0.417. The minimum absolute atomic E-state index is 0.0285. The predicted molar refractivity (Wildman–Crippen MR) is 79.7 cm³/mol. The van der Waals surface area contributed by atoms with E-state index in [2.05, 4.69) is 10.6 Å². The van der Waals surface area contributed by atoms with Gasteiger partial charge in [0.2, 0.25) is 5.91 Å². The van der Waals surface area contributed by atoms with Gasteiger partial charge in [-0.3, -0.25) is 4.79 Å². The first kappa shape index (κ1) is 15.9. The van der Waals surface area contributed by atoms with Crippen LogP contribution in [-0.2, 0) is 11.0 Å². The van der Waals surface area contributed by atoms with Crippen molar-refractivity contribution in [2.24, 2.45) is 0 Å². The normalized spacial score (nSPS) is 11.1. The van der Waals surface area contributed by atoms with Gasteiger partial charge in [-0.05, 0) is 37.3 Å². The lowest BCUT2D eigenvalue weighted by Gasteiger charge is -2.11. The molecule has 0 unspecified atom stereocenters. The minimum atomic E-state index is -4.43. The SMILES string of the molecule is Cc1ccc(NCC(=O)Nc2cccc(C(F)(F)F)c2)cc1. The van der Waals surface area contributed by atoms with E-state index in [0.717, 1.165) is 23.4 Å². The van der Waals surface area contributed by atoms with Crippen LogP contribution in [0.4, 0.5) is 24.5 Å². The van der Waals surface area contributed by atoms with E-state index in [-0.39, 0.29) is 12.2 Å². The number of carbonyl (C=O) groups is 1. The van der Waals surface area contributed by atoms with Gasteiger partial charge in [-0.15, -0.1) is 0 Å². The second-order valence-corrected chi connectivity index (χ2v) is 4.85. The highest BCUT2D eigenvalue weighted by molar-refractivity contribution is 5.93. The van der Waals surface area contributed by atoms with Gasteiger partial charge in [0.15, 0.2) is 0 Å². The van der Waals surface area contributed by atoms with Gasteiger partial charge in [-0.1, -0.05) is 23.8 Å². The summed E-state index contributed by atoms with van der Waals surface area (Å²) < 4.78 is 37.7. The molecule has 0 spiro atoms. The first-order valence-electron chi connectivity index (χ1n) is 6.62. The second-order valence-electron chi connectivity index (χ2n) is 4.85. The van der Waals surface area contributed by atoms with Crippen LogP contribution in [0.5, 0.6) is 0 Å². The molecule has 0 saturated heterocycles. The summed E-state index contributed by atoms with van der Waals surface area (Å²) in [4.78, 5) is 11.8. The molecule has 0 aliphatic rings. The topological polar surface area (TPSA) is 41.1 Å². The van der Waals surface area contributed by atoms with E-state index in [1.807, 2.05) is 31.2 Å². The number of nitrogens with one attached hydrogen (secondary N) is 2. The van der Waals surface area contributed by atoms with E-state index < -0.39 is 17.6 Å². The first-order valence-corrected chi connectivity index (χ1v) is 6.62. The lowest BCUT2D eigenvalue weighted by Crippen LogP contribution is -2.22. The summed E-state index contributed by atoms with van der Waals surface area (Å²) in [6.07, 6.45) is -4.43. The largest absolute Gasteiger partial charge is 0.416 e. The van der Waals surface area contributed by atoms with Gasteiger partial charge in [0, 0.05) is 11.4 Å². The number of hydrogen-bond acceptors (Lipinski definition) is 2. The van der Waals surface area contributed by atoms with Gasteiger partial charge >= 0.3 is 6.18 Å². The molecule has 0 atom stereocenters. The van der Waals surface area contributed by atoms with Gasteiger partial charge < -0.3 is 10.6 Å². The van der Waals surface area contributed by atoms with Gasteiger partial charge in [-0.2, -0.15) is 13.2 Å². The Kier molecular flexibility index (Phi) is 4.70. The van der Waals surface area contributed by atoms with Crippen LogP contribution >= 0.6 is 0 Å². The number of hydrogen-bond donors (Lipinski definition) is 2. The Hall–Kier alpha value is -2.50. The number of aryl methyl sites for hydroxylation is 1. The molecule has 0 heterocycles. The Morgan fingerprint density at radius 1 is 1.05 bits per heavy atom. The van der Waals surface area contributed by atoms with Crippen LogP contribution in [0.2, 0.25) is 0 Å². The first-order chi connectivity index (χ1) is 10.3. The Balaban J connectivity index is 1.93. The highest BCUT2D eigenvalue weighted by Gasteiger charge is 2.30. The molecule has 2 N–H and O–H groups in total. The fourth-order valence-corrected chi connectivity index (χ4v) is 1.83. The number of anilines is 2. The minimum Gasteiger partial charge on any atom is -0.376 e. The third-order valence-electron chi connectivity index (χ3n) is 2.98. The van der Waals surface area contributed by atoms with Gasteiger partial charge in [0.05, 0.1) is 12.1 Å². The van der Waals surface area contributed by atoms with Crippen molar-refractivity contribution in [3.63, 3.8) is 0 Å². The molecule has 2 aromatic rings. The maximum absolute atomic E-state index is 12.6. The standard InChI is InChI=1S/C16H15F3N2O/c1-11-5-7-13(8-6-11)20-10-15(22)21-14-4-2-3-12(9-14)16(17,18)19/h2-9,20H,10H2,1H3,(H,21,22). The lowest BCUT2D eigenvalue weighted by atomic mass is 10.2. The summed E-state index contributed by atoms with van der Waals surface area (Å²) in [7, 11) is 0. The molecular formula is C16H15F3N2O. The van der Waals surface area contributed by atoms with Crippen molar-refractivity contribution in [2.75, 3.05) is 17.2 Å². The van der Waals surface area contributed by atoms with Crippen LogP contribution < -0.4 is 10.6 Å². The Bertz CT molecular complexity index is 651. The number of rotatable bonds is 4. The van der Waals surface area contributed by atoms with Crippen LogP contribution in [0.25, 0.3) is 0 Å². The number of benzene rings is 2. The zero-order valence-electron chi connectivity index (χ0n) is 11.9. The van der Waals surface area contributed by atoms with Crippen molar-refractivity contribution in [2.45, 2.75) is 13.1 Å². The Labute approximate surface area is 126 Å². The van der Waals surface area contributed by atoms with Crippen LogP contribution in [0.3, 0.4) is 0 Å². The smallest absolute Gasteiger partial charge is 0.376 e. The number of alkyl halides is 3. The van der Waals surface area contributed by atoms with Gasteiger partial charge in [0.25, 0.3) is 0 Å². The Morgan fingerprint density at radius 3 is 2.36 bits per heavy atom. The summed E-state index contributed by atoms with van der Waals surface area (Å²) in [6.45, 7) is 1.92. The quantitative estimate of drug-likeness (QED) is 0.894. The van der Waals surface area contributed by atoms with E-state index in [1.165, 1.54) is 12.1 Å². The van der Waals surface area contributed by atoms with E-state index in [0.29, 0.717) is 0 Å². The molecule has 1 amide bonds. The van der Waals surface area contributed by atoms with Crippen molar-refractivity contribution < 1.29 is 18.0 Å². The van der Waals surface area contributed by atoms with Crippen molar-refractivity contribution >= 4 is 17.3 Å². The fourth-order valence-electron chi connectivity index (χ4n) is 1.83. The summed E-state index contributed by atoms with van der Waals surface area (Å²) >= 11 is 0. The third-order valence-corrected chi connectivity index (χ3v) is 2.98. The molecule has 0 aliphatic heterocycles. The summed E-state index contributed by atoms with van der Waals surface area (Å²) in [6, 6.07) is 12.0. The van der Waals surface area contributed by atoms with Crippen molar-refractivity contribution in [1.29, 1.82) is 0 Å². The molecule has 116 valence electrons. The van der Waals surface area contributed by atoms with Gasteiger partial charge in [-0.25, -0.2) is 0 Å². The molecule has 0 aromatic heterocycles. The monoisotopic (exact) mass is 308 g/mol. The molecule has 6 heteroatoms. The molecule has 3 nitrogen and oxygen atoms in total. The van der Waals surface area contributed by atoms with Crippen molar-refractivity contribution in [3.05, 3.63) is 59.7 Å². The van der Waals surface area contributed by atoms with Crippen molar-refractivity contribution in [3.8, 4) is 0 Å². The highest BCUT2D eigenvalue weighted by Crippen LogP contribution is 2.30. The highest BCUT2D eigenvalue weighted by atomic mass is 19.4. The molecule has 0 radical (unpaired) electrons. The number of amides is 1. The molecule has 2 aromatic carbocycles. The molecule has 0 saturated carbocycles.